The average Bonchev–Trinajstić information content (AvgIpc) is 2.66. The van der Waals surface area contributed by atoms with E-state index in [2.05, 4.69) is 51.1 Å². The molecule has 1 unspecified atom stereocenters. The van der Waals surface area contributed by atoms with Crippen LogP contribution in [0.1, 0.15) is 49.3 Å². The highest BCUT2D eigenvalue weighted by Gasteiger charge is 2.42. The lowest BCUT2D eigenvalue weighted by Gasteiger charge is -2.39. The summed E-state index contributed by atoms with van der Waals surface area (Å²) < 4.78 is 6.41. The van der Waals surface area contributed by atoms with Crippen LogP contribution in [0.5, 0.6) is 5.75 Å². The van der Waals surface area contributed by atoms with Crippen molar-refractivity contribution < 1.29 is 9.53 Å². The topological polar surface area (TPSA) is 26.3 Å². The Morgan fingerprint density at radius 2 is 1.76 bits per heavy atom. The molecule has 0 saturated carbocycles. The monoisotopic (exact) mass is 402 g/mol. The summed E-state index contributed by atoms with van der Waals surface area (Å²) in [6.07, 6.45) is 1.31. The lowest BCUT2D eigenvalue weighted by atomic mass is 9.69. The van der Waals surface area contributed by atoms with E-state index in [1.165, 1.54) is 16.3 Å². The number of hydrogen-bond acceptors (Lipinski definition) is 2. The van der Waals surface area contributed by atoms with Gasteiger partial charge in [0.15, 0.2) is 5.78 Å². The lowest BCUT2D eigenvalue weighted by molar-refractivity contribution is -0.118. The number of rotatable bonds is 1. The fourth-order valence-electron chi connectivity index (χ4n) is 4.91. The number of hydrogen-bond donors (Lipinski definition) is 0. The molecule has 0 radical (unpaired) electrons. The molecule has 29 heavy (non-hydrogen) atoms. The third-order valence-electron chi connectivity index (χ3n) is 6.15. The molecule has 0 fully saturated rings. The van der Waals surface area contributed by atoms with Gasteiger partial charge in [-0.3, -0.25) is 4.79 Å². The third-order valence-corrected chi connectivity index (χ3v) is 6.40. The number of fused-ring (bicyclic) bond motifs is 3. The van der Waals surface area contributed by atoms with E-state index >= 15 is 0 Å². The van der Waals surface area contributed by atoms with Gasteiger partial charge in [0.05, 0.1) is 0 Å². The number of aryl methyl sites for hydroxylation is 1. The number of allylic oxidation sites excluding steroid dienone is 2. The molecule has 0 aromatic heterocycles. The molecular weight excluding hydrogens is 380 g/mol. The summed E-state index contributed by atoms with van der Waals surface area (Å²) in [6.45, 7) is 6.39. The molecule has 2 nitrogen and oxygen atoms in total. The van der Waals surface area contributed by atoms with E-state index in [0.717, 1.165) is 34.6 Å². The predicted molar refractivity (Wildman–Crippen MR) is 118 cm³/mol. The minimum atomic E-state index is -0.139. The zero-order valence-electron chi connectivity index (χ0n) is 16.9. The fourth-order valence-corrected chi connectivity index (χ4v) is 5.03. The van der Waals surface area contributed by atoms with Gasteiger partial charge in [0.25, 0.3) is 0 Å². The maximum absolute atomic E-state index is 13.4. The van der Waals surface area contributed by atoms with E-state index in [1.54, 1.807) is 0 Å². The van der Waals surface area contributed by atoms with Gasteiger partial charge >= 0.3 is 0 Å². The molecule has 3 heteroatoms. The van der Waals surface area contributed by atoms with Crippen LogP contribution in [-0.4, -0.2) is 5.78 Å². The summed E-state index contributed by atoms with van der Waals surface area (Å²) in [5, 5.41) is 3.04. The van der Waals surface area contributed by atoms with E-state index in [9.17, 15) is 4.79 Å². The number of ether oxygens (including phenoxy) is 1. The number of carbonyl (C=O) groups is 1. The summed E-state index contributed by atoms with van der Waals surface area (Å²) in [5.74, 6) is 1.73. The van der Waals surface area contributed by atoms with Crippen molar-refractivity contribution >= 4 is 28.2 Å². The second-order valence-corrected chi connectivity index (χ2v) is 9.45. The molecule has 2 aliphatic rings. The Bertz CT molecular complexity index is 1190. The Morgan fingerprint density at radius 1 is 1.00 bits per heavy atom. The molecule has 0 saturated heterocycles. The van der Waals surface area contributed by atoms with Crippen molar-refractivity contribution in [3.63, 3.8) is 0 Å². The van der Waals surface area contributed by atoms with Crippen molar-refractivity contribution in [3.05, 3.63) is 87.6 Å². The van der Waals surface area contributed by atoms with Gasteiger partial charge in [-0.05, 0) is 52.4 Å². The van der Waals surface area contributed by atoms with Crippen molar-refractivity contribution in [1.29, 1.82) is 0 Å². The van der Waals surface area contributed by atoms with Gasteiger partial charge in [0.1, 0.15) is 11.5 Å². The van der Waals surface area contributed by atoms with E-state index in [4.69, 9.17) is 16.3 Å². The Kier molecular flexibility index (Phi) is 4.11. The standard InChI is InChI=1S/C26H23ClO2/c1-15-5-4-6-16-9-12-20-25(22(15)16)23(17-7-10-18(27)11-8-17)24-19(28)13-26(2,3)14-21(24)29-20/h4-12,23H,13-14H2,1-3H3. The molecule has 1 heterocycles. The Hall–Kier alpha value is -2.58. The Labute approximate surface area is 176 Å². The molecule has 146 valence electrons. The molecule has 3 aromatic rings. The van der Waals surface area contributed by atoms with Crippen LogP contribution in [0.4, 0.5) is 0 Å². The predicted octanol–water partition coefficient (Wildman–Crippen LogP) is 6.97. The summed E-state index contributed by atoms with van der Waals surface area (Å²) in [4.78, 5) is 13.4. The SMILES string of the molecule is Cc1cccc2ccc3c(c12)C(c1ccc(Cl)cc1)C1=C(CC(C)(C)CC1=O)O3. The Balaban J connectivity index is 1.84. The number of Topliss-reactive ketones (excluding diaryl/α,β-unsaturated/α-hetero) is 1. The highest BCUT2D eigenvalue weighted by Crippen LogP contribution is 2.52. The highest BCUT2D eigenvalue weighted by atomic mass is 35.5. The van der Waals surface area contributed by atoms with Gasteiger partial charge in [-0.15, -0.1) is 0 Å². The molecule has 0 N–H and O–H groups in total. The van der Waals surface area contributed by atoms with Crippen molar-refractivity contribution in [2.45, 2.75) is 39.5 Å². The van der Waals surface area contributed by atoms with Gasteiger partial charge in [0.2, 0.25) is 0 Å². The zero-order chi connectivity index (χ0) is 20.3. The van der Waals surface area contributed by atoms with E-state index in [-0.39, 0.29) is 17.1 Å². The smallest absolute Gasteiger partial charge is 0.163 e. The first-order valence-corrected chi connectivity index (χ1v) is 10.4. The van der Waals surface area contributed by atoms with Crippen LogP contribution in [0.25, 0.3) is 10.8 Å². The van der Waals surface area contributed by atoms with Crippen molar-refractivity contribution in [2.75, 3.05) is 0 Å². The molecule has 1 aliphatic heterocycles. The van der Waals surface area contributed by atoms with Gasteiger partial charge < -0.3 is 4.74 Å². The van der Waals surface area contributed by atoms with Crippen LogP contribution in [0.2, 0.25) is 5.02 Å². The number of benzene rings is 3. The molecule has 0 amide bonds. The first-order valence-electron chi connectivity index (χ1n) is 10.1. The largest absolute Gasteiger partial charge is 0.461 e. The van der Waals surface area contributed by atoms with Crippen LogP contribution in [0.3, 0.4) is 0 Å². The van der Waals surface area contributed by atoms with E-state index < -0.39 is 0 Å². The minimum absolute atomic E-state index is 0.0925. The summed E-state index contributed by atoms with van der Waals surface area (Å²) >= 11 is 6.17. The van der Waals surface area contributed by atoms with Gasteiger partial charge in [-0.2, -0.15) is 0 Å². The molecule has 3 aromatic carbocycles. The van der Waals surface area contributed by atoms with Crippen LogP contribution in [-0.2, 0) is 4.79 Å². The normalized spacial score (nSPS) is 20.3. The molecule has 5 rings (SSSR count). The van der Waals surface area contributed by atoms with E-state index in [0.29, 0.717) is 11.4 Å². The Morgan fingerprint density at radius 3 is 2.52 bits per heavy atom. The quantitative estimate of drug-likeness (QED) is 0.439. The maximum Gasteiger partial charge on any atom is 0.163 e. The first kappa shape index (κ1) is 18.4. The zero-order valence-corrected chi connectivity index (χ0v) is 17.6. The van der Waals surface area contributed by atoms with Crippen LogP contribution in [0, 0.1) is 12.3 Å². The molecule has 0 spiro atoms. The van der Waals surface area contributed by atoms with Gasteiger partial charge in [-0.25, -0.2) is 0 Å². The average molecular weight is 403 g/mol. The lowest BCUT2D eigenvalue weighted by Crippen LogP contribution is -2.33. The van der Waals surface area contributed by atoms with Gasteiger partial charge in [0, 0.05) is 34.9 Å². The van der Waals surface area contributed by atoms with Crippen LogP contribution >= 0.6 is 11.6 Å². The third kappa shape index (κ3) is 2.98. The second-order valence-electron chi connectivity index (χ2n) is 9.01. The van der Waals surface area contributed by atoms with Crippen molar-refractivity contribution in [1.82, 2.24) is 0 Å². The van der Waals surface area contributed by atoms with Crippen LogP contribution < -0.4 is 4.74 Å². The second kappa shape index (κ2) is 6.47. The maximum atomic E-state index is 13.4. The fraction of sp³-hybridized carbons (Fsp3) is 0.269. The first-order chi connectivity index (χ1) is 13.8. The summed E-state index contributed by atoms with van der Waals surface area (Å²) in [6, 6.07) is 18.4. The minimum Gasteiger partial charge on any atom is -0.461 e. The summed E-state index contributed by atoms with van der Waals surface area (Å²) in [7, 11) is 0. The number of halogens is 1. The van der Waals surface area contributed by atoms with Crippen molar-refractivity contribution in [2.24, 2.45) is 5.41 Å². The molecule has 1 aliphatic carbocycles. The number of carbonyl (C=O) groups excluding carboxylic acids is 1. The molecule has 1 atom stereocenters. The van der Waals surface area contributed by atoms with Crippen LogP contribution in [0.15, 0.2) is 65.9 Å². The molecular formula is C26H23ClO2. The van der Waals surface area contributed by atoms with Crippen molar-refractivity contribution in [3.8, 4) is 5.75 Å². The van der Waals surface area contributed by atoms with Gasteiger partial charge in [-0.1, -0.05) is 61.8 Å². The number of ketones is 1. The summed E-state index contributed by atoms with van der Waals surface area (Å²) in [5.41, 5.74) is 4.08. The molecule has 0 bridgehead atoms. The highest BCUT2D eigenvalue weighted by molar-refractivity contribution is 6.30. The van der Waals surface area contributed by atoms with E-state index in [1.807, 2.05) is 24.3 Å².